The lowest BCUT2D eigenvalue weighted by Crippen LogP contribution is -2.53. The van der Waals surface area contributed by atoms with Gasteiger partial charge in [0.1, 0.15) is 6.10 Å². The van der Waals surface area contributed by atoms with Gasteiger partial charge in [0.05, 0.1) is 0 Å². The van der Waals surface area contributed by atoms with Gasteiger partial charge in [-0.2, -0.15) is 0 Å². The zero-order valence-corrected chi connectivity index (χ0v) is 19.3. The Labute approximate surface area is 187 Å². The van der Waals surface area contributed by atoms with E-state index in [0.717, 1.165) is 36.2 Å². The van der Waals surface area contributed by atoms with Crippen LogP contribution in [0.25, 0.3) is 0 Å². The van der Waals surface area contributed by atoms with Gasteiger partial charge in [-0.05, 0) is 92.6 Å². The summed E-state index contributed by atoms with van der Waals surface area (Å²) < 4.78 is 5.62. The van der Waals surface area contributed by atoms with Crippen molar-refractivity contribution in [2.24, 2.45) is 34.5 Å². The average Bonchev–Trinajstić information content (AvgIpc) is 3.09. The molecule has 2 nitrogen and oxygen atoms in total. The molecule has 31 heavy (non-hydrogen) atoms. The Kier molecular flexibility index (Phi) is 5.28. The molecule has 0 spiro atoms. The molecular weight excluding hydrogens is 380 g/mol. The molecular formula is C29H36O2. The highest BCUT2D eigenvalue weighted by molar-refractivity contribution is 5.66. The molecule has 0 saturated heterocycles. The van der Waals surface area contributed by atoms with Gasteiger partial charge in [-0.3, -0.25) is 4.79 Å². The predicted octanol–water partition coefficient (Wildman–Crippen LogP) is 6.55. The van der Waals surface area contributed by atoms with E-state index in [4.69, 9.17) is 4.74 Å². The molecule has 0 heterocycles. The number of allylic oxidation sites excluding steroid dienone is 2. The summed E-state index contributed by atoms with van der Waals surface area (Å²) in [6.07, 6.45) is 12.4. The molecule has 3 fully saturated rings. The lowest BCUT2D eigenvalue weighted by molar-refractivity contribution is -0.158. The van der Waals surface area contributed by atoms with E-state index in [2.05, 4.69) is 62.1 Å². The Morgan fingerprint density at radius 3 is 2.58 bits per heavy atom. The van der Waals surface area contributed by atoms with Crippen LogP contribution in [0.1, 0.15) is 77.7 Å². The van der Waals surface area contributed by atoms with E-state index in [0.29, 0.717) is 11.3 Å². The Balaban J connectivity index is 1.33. The Morgan fingerprint density at radius 2 is 1.81 bits per heavy atom. The first-order valence-corrected chi connectivity index (χ1v) is 12.3. The van der Waals surface area contributed by atoms with Crippen LogP contribution in [0.3, 0.4) is 0 Å². The highest BCUT2D eigenvalue weighted by atomic mass is 16.5. The van der Waals surface area contributed by atoms with Crippen molar-refractivity contribution in [3.63, 3.8) is 0 Å². The number of hydrogen-bond donors (Lipinski definition) is 0. The van der Waals surface area contributed by atoms with Crippen LogP contribution in [0.2, 0.25) is 0 Å². The van der Waals surface area contributed by atoms with Crippen LogP contribution in [-0.4, -0.2) is 12.1 Å². The van der Waals surface area contributed by atoms with Crippen LogP contribution in [0.15, 0.2) is 42.0 Å². The van der Waals surface area contributed by atoms with E-state index in [1.807, 2.05) is 0 Å². The maximum Gasteiger partial charge on any atom is 0.302 e. The number of benzene rings is 1. The minimum atomic E-state index is -0.114. The maximum atomic E-state index is 11.5. The first-order chi connectivity index (χ1) is 14.9. The minimum Gasteiger partial charge on any atom is -0.463 e. The van der Waals surface area contributed by atoms with Crippen molar-refractivity contribution in [3.8, 4) is 11.8 Å². The molecule has 1 aromatic rings. The van der Waals surface area contributed by atoms with E-state index in [1.54, 1.807) is 6.92 Å². The number of carbonyl (C=O) groups is 1. The largest absolute Gasteiger partial charge is 0.463 e. The van der Waals surface area contributed by atoms with Gasteiger partial charge in [-0.25, -0.2) is 0 Å². The molecule has 1 aromatic carbocycles. The third-order valence-electron chi connectivity index (χ3n) is 9.65. The zero-order valence-electron chi connectivity index (χ0n) is 19.3. The van der Waals surface area contributed by atoms with E-state index in [9.17, 15) is 4.79 Å². The fourth-order valence-electron chi connectivity index (χ4n) is 7.98. The second kappa shape index (κ2) is 7.84. The first-order valence-electron chi connectivity index (χ1n) is 12.3. The van der Waals surface area contributed by atoms with Crippen LogP contribution in [0.5, 0.6) is 0 Å². The summed E-state index contributed by atoms with van der Waals surface area (Å²) in [5.74, 6) is 9.99. The topological polar surface area (TPSA) is 26.3 Å². The number of carbonyl (C=O) groups excluding carboxylic acids is 1. The molecule has 0 radical (unpaired) electrons. The molecule has 2 heteroatoms. The number of rotatable bonds is 1. The van der Waals surface area contributed by atoms with Gasteiger partial charge in [0, 0.05) is 23.5 Å². The molecule has 164 valence electrons. The van der Waals surface area contributed by atoms with Gasteiger partial charge >= 0.3 is 5.97 Å². The number of hydrogen-bond acceptors (Lipinski definition) is 2. The molecule has 7 atom stereocenters. The van der Waals surface area contributed by atoms with Crippen molar-refractivity contribution >= 4 is 5.97 Å². The normalized spacial score (nSPS) is 41.0. The molecule has 0 bridgehead atoms. The van der Waals surface area contributed by atoms with Crippen molar-refractivity contribution < 1.29 is 9.53 Å². The van der Waals surface area contributed by atoms with Crippen molar-refractivity contribution in [1.82, 2.24) is 0 Å². The predicted molar refractivity (Wildman–Crippen MR) is 124 cm³/mol. The van der Waals surface area contributed by atoms with Crippen molar-refractivity contribution in [2.45, 2.75) is 78.2 Å². The Hall–Kier alpha value is -2.01. The summed E-state index contributed by atoms with van der Waals surface area (Å²) in [7, 11) is 0. The lowest BCUT2D eigenvalue weighted by atomic mass is 9.44. The van der Waals surface area contributed by atoms with Crippen LogP contribution < -0.4 is 0 Å². The van der Waals surface area contributed by atoms with Gasteiger partial charge in [0.25, 0.3) is 0 Å². The molecule has 0 amide bonds. The van der Waals surface area contributed by atoms with Crippen LogP contribution in [0, 0.1) is 46.3 Å². The second-order valence-electron chi connectivity index (χ2n) is 11.1. The van der Waals surface area contributed by atoms with Gasteiger partial charge in [-0.1, -0.05) is 50.0 Å². The monoisotopic (exact) mass is 416 g/mol. The van der Waals surface area contributed by atoms with E-state index >= 15 is 0 Å². The van der Waals surface area contributed by atoms with Crippen molar-refractivity contribution in [3.05, 3.63) is 47.5 Å². The highest BCUT2D eigenvalue weighted by Crippen LogP contribution is 2.66. The summed E-state index contributed by atoms with van der Waals surface area (Å²) in [5.41, 5.74) is 3.17. The van der Waals surface area contributed by atoms with Crippen LogP contribution in [0.4, 0.5) is 0 Å². The number of fused-ring (bicyclic) bond motifs is 5. The molecule has 0 aromatic heterocycles. The van der Waals surface area contributed by atoms with Crippen molar-refractivity contribution in [2.75, 3.05) is 0 Å². The number of ether oxygens (including phenoxy) is 1. The van der Waals surface area contributed by atoms with Crippen molar-refractivity contribution in [1.29, 1.82) is 0 Å². The second-order valence-corrected chi connectivity index (χ2v) is 11.1. The Bertz CT molecular complexity index is 934. The van der Waals surface area contributed by atoms with Crippen LogP contribution >= 0.6 is 0 Å². The lowest BCUT2D eigenvalue weighted by Gasteiger charge is -2.60. The molecule has 0 aliphatic heterocycles. The first kappa shape index (κ1) is 20.9. The maximum absolute atomic E-state index is 11.5. The molecule has 3 saturated carbocycles. The quantitative estimate of drug-likeness (QED) is 0.383. The Morgan fingerprint density at radius 1 is 1.00 bits per heavy atom. The molecule has 4 aliphatic carbocycles. The molecule has 0 N–H and O–H groups in total. The van der Waals surface area contributed by atoms with Gasteiger partial charge in [0.15, 0.2) is 0 Å². The summed E-state index contributed by atoms with van der Waals surface area (Å²) in [6.45, 7) is 6.62. The fourth-order valence-corrected chi connectivity index (χ4v) is 7.98. The summed E-state index contributed by atoms with van der Waals surface area (Å²) in [5, 5.41) is 0. The zero-order chi connectivity index (χ0) is 21.6. The average molecular weight is 417 g/mol. The summed E-state index contributed by atoms with van der Waals surface area (Å²) in [6, 6.07) is 10.4. The van der Waals surface area contributed by atoms with E-state index in [1.165, 1.54) is 44.1 Å². The number of esters is 1. The highest BCUT2D eigenvalue weighted by Gasteiger charge is 2.58. The minimum absolute atomic E-state index is 0.114. The van der Waals surface area contributed by atoms with Gasteiger partial charge in [-0.15, -0.1) is 0 Å². The third-order valence-corrected chi connectivity index (χ3v) is 9.65. The van der Waals surface area contributed by atoms with Crippen LogP contribution in [-0.2, 0) is 9.53 Å². The summed E-state index contributed by atoms with van der Waals surface area (Å²) >= 11 is 0. The standard InChI is InChI=1S/C29H36O2/c1-20(30)31-24-15-17-29(3)23(19-24)11-13-25-26-14-12-22(28(26,2)18-16-27(25)29)10-9-21-7-5-4-6-8-21/h4-8,12,23-27H,11,13-19H2,1-3H3/t23-,24+,25+,26+,27+,28-,29+/m1/s1. The molecule has 0 unspecified atom stereocenters. The SMILES string of the molecule is CC(=O)O[C@H]1CC[C@@]2(C)[C@H](CC[C@@H]3[C@@H]2CC[C@]2(C)C(C#Cc4ccccc4)=CC[C@@H]32)C1. The molecule has 5 rings (SSSR count). The smallest absolute Gasteiger partial charge is 0.302 e. The third kappa shape index (κ3) is 3.55. The molecule has 4 aliphatic rings. The van der Waals surface area contributed by atoms with E-state index in [-0.39, 0.29) is 17.5 Å². The van der Waals surface area contributed by atoms with Gasteiger partial charge in [0.2, 0.25) is 0 Å². The fraction of sp³-hybridized carbons (Fsp3) is 0.621. The van der Waals surface area contributed by atoms with Gasteiger partial charge < -0.3 is 4.74 Å². The summed E-state index contributed by atoms with van der Waals surface area (Å²) in [4.78, 5) is 11.5. The van der Waals surface area contributed by atoms with E-state index < -0.39 is 0 Å².